The standard InChI is InChI=1S/C28H34N2O5/c1-28(2,3)15-24(25(31)30-14-8-9-18(16-30)26(32)33)29-27(34)35-17-23-21-12-6-4-10-19(21)20-11-5-7-13-22(20)23/h4-7,10-13,18,23-24H,8-9,14-17H2,1-3H3,(H,29,34)(H,32,33)/t18-,24?/m1/s1. The van der Waals surface area contributed by atoms with Crippen molar-refractivity contribution in [2.45, 2.75) is 52.0 Å². The first-order valence-corrected chi connectivity index (χ1v) is 12.3. The molecule has 0 spiro atoms. The van der Waals surface area contributed by atoms with Crippen LogP contribution in [0.2, 0.25) is 0 Å². The highest BCUT2D eigenvalue weighted by Gasteiger charge is 2.35. The molecule has 2 aliphatic rings. The molecule has 7 nitrogen and oxygen atoms in total. The third-order valence-electron chi connectivity index (χ3n) is 6.83. The van der Waals surface area contributed by atoms with Crippen LogP contribution in [0.15, 0.2) is 48.5 Å². The van der Waals surface area contributed by atoms with E-state index in [0.717, 1.165) is 22.3 Å². The second kappa shape index (κ2) is 10.1. The van der Waals surface area contributed by atoms with Gasteiger partial charge in [-0.05, 0) is 46.9 Å². The molecule has 4 rings (SSSR count). The van der Waals surface area contributed by atoms with Gasteiger partial charge in [0.2, 0.25) is 5.91 Å². The molecule has 0 radical (unpaired) electrons. The summed E-state index contributed by atoms with van der Waals surface area (Å²) in [6.45, 7) is 6.84. The number of nitrogens with zero attached hydrogens (tertiary/aromatic N) is 1. The normalized spacial score (nSPS) is 18.4. The van der Waals surface area contributed by atoms with E-state index in [0.29, 0.717) is 25.8 Å². The minimum atomic E-state index is -0.889. The zero-order chi connectivity index (χ0) is 25.2. The van der Waals surface area contributed by atoms with Crippen molar-refractivity contribution in [1.82, 2.24) is 10.2 Å². The van der Waals surface area contributed by atoms with Crippen LogP contribution in [0.25, 0.3) is 11.1 Å². The van der Waals surface area contributed by atoms with Crippen molar-refractivity contribution in [2.75, 3.05) is 19.7 Å². The second-order valence-electron chi connectivity index (χ2n) is 10.7. The maximum atomic E-state index is 13.3. The monoisotopic (exact) mass is 478 g/mol. The molecule has 1 saturated heterocycles. The quantitative estimate of drug-likeness (QED) is 0.630. The van der Waals surface area contributed by atoms with Crippen LogP contribution in [0.3, 0.4) is 0 Å². The Morgan fingerprint density at radius 1 is 1.06 bits per heavy atom. The third kappa shape index (κ3) is 5.66. The maximum absolute atomic E-state index is 13.3. The van der Waals surface area contributed by atoms with Crippen molar-refractivity contribution in [1.29, 1.82) is 0 Å². The number of likely N-dealkylation sites (tertiary alicyclic amines) is 1. The van der Waals surface area contributed by atoms with E-state index in [1.165, 1.54) is 0 Å². The van der Waals surface area contributed by atoms with Crippen LogP contribution < -0.4 is 5.32 Å². The molecule has 1 fully saturated rings. The van der Waals surface area contributed by atoms with Crippen molar-refractivity contribution in [3.63, 3.8) is 0 Å². The van der Waals surface area contributed by atoms with Gasteiger partial charge < -0.3 is 20.1 Å². The van der Waals surface area contributed by atoms with Gasteiger partial charge in [-0.3, -0.25) is 9.59 Å². The third-order valence-corrected chi connectivity index (χ3v) is 6.83. The number of ether oxygens (including phenoxy) is 1. The summed E-state index contributed by atoms with van der Waals surface area (Å²) >= 11 is 0. The molecule has 1 aliphatic carbocycles. The van der Waals surface area contributed by atoms with Gasteiger partial charge in [-0.2, -0.15) is 0 Å². The minimum absolute atomic E-state index is 0.0664. The lowest BCUT2D eigenvalue weighted by molar-refractivity contribution is -0.146. The Morgan fingerprint density at radius 3 is 2.23 bits per heavy atom. The SMILES string of the molecule is CC(C)(C)CC(NC(=O)OCC1c2ccccc2-c2ccccc21)C(=O)N1CCC[C@@H](C(=O)O)C1. The molecule has 1 aliphatic heterocycles. The van der Waals surface area contributed by atoms with Gasteiger partial charge in [0.05, 0.1) is 5.92 Å². The van der Waals surface area contributed by atoms with Crippen molar-refractivity contribution in [2.24, 2.45) is 11.3 Å². The number of hydrogen-bond acceptors (Lipinski definition) is 4. The fraction of sp³-hybridized carbons (Fsp3) is 0.464. The molecule has 1 heterocycles. The molecule has 0 aromatic heterocycles. The van der Waals surface area contributed by atoms with Crippen LogP contribution in [0.5, 0.6) is 0 Å². The average Bonchev–Trinajstić information content (AvgIpc) is 3.15. The summed E-state index contributed by atoms with van der Waals surface area (Å²) in [6.07, 6.45) is 0.976. The molecule has 1 unspecified atom stereocenters. The van der Waals surface area contributed by atoms with Crippen LogP contribution in [-0.2, 0) is 14.3 Å². The lowest BCUT2D eigenvalue weighted by Gasteiger charge is -2.35. The van der Waals surface area contributed by atoms with Gasteiger partial charge in [-0.25, -0.2) is 4.79 Å². The van der Waals surface area contributed by atoms with Crippen LogP contribution in [0, 0.1) is 11.3 Å². The van der Waals surface area contributed by atoms with E-state index in [1.807, 2.05) is 45.0 Å². The van der Waals surface area contributed by atoms with Crippen LogP contribution in [0.1, 0.15) is 57.1 Å². The van der Waals surface area contributed by atoms with Crippen molar-refractivity contribution in [3.05, 3.63) is 59.7 Å². The number of hydrogen-bond donors (Lipinski definition) is 2. The maximum Gasteiger partial charge on any atom is 0.407 e. The Balaban J connectivity index is 1.44. The Morgan fingerprint density at radius 2 is 1.66 bits per heavy atom. The summed E-state index contributed by atoms with van der Waals surface area (Å²) in [5.41, 5.74) is 4.32. The highest BCUT2D eigenvalue weighted by molar-refractivity contribution is 5.86. The van der Waals surface area contributed by atoms with E-state index in [2.05, 4.69) is 29.6 Å². The second-order valence-corrected chi connectivity index (χ2v) is 10.7. The fourth-order valence-electron chi connectivity index (χ4n) is 5.19. The number of fused-ring (bicyclic) bond motifs is 3. The Bertz CT molecular complexity index is 1060. The number of carbonyl (C=O) groups is 3. The first-order valence-electron chi connectivity index (χ1n) is 12.3. The van der Waals surface area contributed by atoms with Gasteiger partial charge in [0.25, 0.3) is 0 Å². The summed E-state index contributed by atoms with van der Waals surface area (Å²) in [6, 6.07) is 15.5. The summed E-state index contributed by atoms with van der Waals surface area (Å²) in [5.74, 6) is -1.78. The zero-order valence-electron chi connectivity index (χ0n) is 20.6. The topological polar surface area (TPSA) is 95.9 Å². The summed E-state index contributed by atoms with van der Waals surface area (Å²) in [5, 5.41) is 12.2. The van der Waals surface area contributed by atoms with Crippen molar-refractivity contribution in [3.8, 4) is 11.1 Å². The molecule has 2 amide bonds. The lowest BCUT2D eigenvalue weighted by atomic mass is 9.87. The van der Waals surface area contributed by atoms with Crippen LogP contribution >= 0.6 is 0 Å². The molecule has 0 saturated carbocycles. The van der Waals surface area contributed by atoms with Gasteiger partial charge in [0, 0.05) is 19.0 Å². The summed E-state index contributed by atoms with van der Waals surface area (Å²) in [7, 11) is 0. The molecule has 0 bridgehead atoms. The zero-order valence-corrected chi connectivity index (χ0v) is 20.6. The first-order chi connectivity index (χ1) is 16.6. The highest BCUT2D eigenvalue weighted by atomic mass is 16.5. The van der Waals surface area contributed by atoms with Crippen LogP contribution in [0.4, 0.5) is 4.79 Å². The summed E-state index contributed by atoms with van der Waals surface area (Å²) in [4.78, 5) is 39.2. The van der Waals surface area contributed by atoms with Crippen molar-refractivity contribution < 1.29 is 24.2 Å². The first kappa shape index (κ1) is 24.8. The highest BCUT2D eigenvalue weighted by Crippen LogP contribution is 2.44. The van der Waals surface area contributed by atoms with E-state index >= 15 is 0 Å². The smallest absolute Gasteiger partial charge is 0.407 e. The number of rotatable bonds is 6. The minimum Gasteiger partial charge on any atom is -0.481 e. The van der Waals surface area contributed by atoms with Gasteiger partial charge in [-0.15, -0.1) is 0 Å². The summed E-state index contributed by atoms with van der Waals surface area (Å²) < 4.78 is 5.67. The Kier molecular flexibility index (Phi) is 7.15. The number of benzene rings is 2. The molecule has 2 atom stereocenters. The van der Waals surface area contributed by atoms with E-state index in [-0.39, 0.29) is 30.4 Å². The Labute approximate surface area is 206 Å². The molecule has 2 aromatic carbocycles. The predicted molar refractivity (Wildman–Crippen MR) is 133 cm³/mol. The Hall–Kier alpha value is -3.35. The average molecular weight is 479 g/mol. The van der Waals surface area contributed by atoms with Gasteiger partial charge in [0.1, 0.15) is 12.6 Å². The molecule has 35 heavy (non-hydrogen) atoms. The molecular formula is C28H34N2O5. The molecular weight excluding hydrogens is 444 g/mol. The molecule has 186 valence electrons. The van der Waals surface area contributed by atoms with E-state index < -0.39 is 24.0 Å². The molecule has 2 aromatic rings. The van der Waals surface area contributed by atoms with Gasteiger partial charge >= 0.3 is 12.1 Å². The van der Waals surface area contributed by atoms with E-state index in [4.69, 9.17) is 4.74 Å². The number of amides is 2. The number of carbonyl (C=O) groups excluding carboxylic acids is 2. The van der Waals surface area contributed by atoms with Crippen molar-refractivity contribution >= 4 is 18.0 Å². The van der Waals surface area contributed by atoms with E-state index in [9.17, 15) is 19.5 Å². The number of nitrogens with one attached hydrogen (secondary N) is 1. The number of aliphatic carboxylic acids is 1. The predicted octanol–water partition coefficient (Wildman–Crippen LogP) is 4.65. The molecule has 2 N–H and O–H groups in total. The number of alkyl carbamates (subject to hydrolysis) is 1. The fourth-order valence-corrected chi connectivity index (χ4v) is 5.19. The number of carboxylic acids is 1. The van der Waals surface area contributed by atoms with Gasteiger partial charge in [-0.1, -0.05) is 69.3 Å². The lowest BCUT2D eigenvalue weighted by Crippen LogP contribution is -2.53. The van der Waals surface area contributed by atoms with Crippen LogP contribution in [-0.4, -0.2) is 53.7 Å². The number of piperidine rings is 1. The largest absolute Gasteiger partial charge is 0.481 e. The molecule has 7 heteroatoms. The van der Waals surface area contributed by atoms with Gasteiger partial charge in [0.15, 0.2) is 0 Å². The number of carboxylic acid groups (broad SMARTS) is 1. The van der Waals surface area contributed by atoms with E-state index in [1.54, 1.807) is 4.90 Å².